The molecule has 1 saturated heterocycles. The van der Waals surface area contributed by atoms with Gasteiger partial charge in [0.2, 0.25) is 0 Å². The minimum atomic E-state index is -0.289. The van der Waals surface area contributed by atoms with Crippen LogP contribution in [0.25, 0.3) is 0 Å². The van der Waals surface area contributed by atoms with E-state index in [1.807, 2.05) is 60.4 Å². The number of rotatable bonds is 4. The Balaban J connectivity index is 1.34. The topological polar surface area (TPSA) is 52.7 Å². The monoisotopic (exact) mass is 467 g/mol. The van der Waals surface area contributed by atoms with Crippen molar-refractivity contribution in [2.45, 2.75) is 6.92 Å². The van der Waals surface area contributed by atoms with Gasteiger partial charge in [-0.05, 0) is 61.5 Å². The number of carbonyl (C=O) groups excluding carboxylic acids is 2. The zero-order valence-electron chi connectivity index (χ0n) is 17.6. The molecule has 7 heteroatoms. The molecular formula is C25H23Cl2N3O2. The zero-order valence-corrected chi connectivity index (χ0v) is 19.2. The highest BCUT2D eigenvalue weighted by atomic mass is 35.5. The number of anilines is 2. The standard InChI is InChI=1S/C25H23Cl2N3O2/c1-17-2-4-18(5-3-17)25(32)30-14-12-29(13-15-30)21-9-7-20(8-10-21)28-24(31)22-11-6-19(26)16-23(22)27/h2-11,16H,12-15H2,1H3,(H,28,31). The molecule has 164 valence electrons. The Labute approximate surface area is 197 Å². The highest BCUT2D eigenvalue weighted by Crippen LogP contribution is 2.24. The summed E-state index contributed by atoms with van der Waals surface area (Å²) < 4.78 is 0. The molecule has 1 aliphatic rings. The smallest absolute Gasteiger partial charge is 0.257 e. The van der Waals surface area contributed by atoms with Crippen molar-refractivity contribution in [2.75, 3.05) is 36.4 Å². The summed E-state index contributed by atoms with van der Waals surface area (Å²) in [5, 5.41) is 3.65. The molecule has 3 aromatic rings. The van der Waals surface area contributed by atoms with Crippen LogP contribution >= 0.6 is 23.2 Å². The van der Waals surface area contributed by atoms with Crippen molar-refractivity contribution in [1.29, 1.82) is 0 Å². The van der Waals surface area contributed by atoms with Gasteiger partial charge < -0.3 is 15.1 Å². The van der Waals surface area contributed by atoms with Gasteiger partial charge in [-0.25, -0.2) is 0 Å². The van der Waals surface area contributed by atoms with Crippen LogP contribution in [0, 0.1) is 6.92 Å². The second-order valence-electron chi connectivity index (χ2n) is 7.77. The van der Waals surface area contributed by atoms with Crippen LogP contribution < -0.4 is 10.2 Å². The van der Waals surface area contributed by atoms with Gasteiger partial charge in [-0.2, -0.15) is 0 Å². The van der Waals surface area contributed by atoms with Crippen molar-refractivity contribution < 1.29 is 9.59 Å². The van der Waals surface area contributed by atoms with Gasteiger partial charge in [0.25, 0.3) is 11.8 Å². The third kappa shape index (κ3) is 5.06. The molecule has 0 aromatic heterocycles. The van der Waals surface area contributed by atoms with E-state index in [0.717, 1.165) is 29.9 Å². The number of aryl methyl sites for hydroxylation is 1. The fraction of sp³-hybridized carbons (Fsp3) is 0.200. The Morgan fingerprint density at radius 2 is 1.50 bits per heavy atom. The summed E-state index contributed by atoms with van der Waals surface area (Å²) >= 11 is 12.0. The number of halogens is 2. The number of carbonyl (C=O) groups is 2. The van der Waals surface area contributed by atoms with E-state index >= 15 is 0 Å². The Bertz CT molecular complexity index is 1120. The van der Waals surface area contributed by atoms with Crippen LogP contribution in [0.15, 0.2) is 66.7 Å². The molecule has 4 rings (SSSR count). The van der Waals surface area contributed by atoms with E-state index in [2.05, 4.69) is 10.2 Å². The molecule has 0 aliphatic carbocycles. The summed E-state index contributed by atoms with van der Waals surface area (Å²) in [5.74, 6) is -0.216. The number of nitrogens with one attached hydrogen (secondary N) is 1. The highest BCUT2D eigenvalue weighted by molar-refractivity contribution is 6.37. The van der Waals surface area contributed by atoms with Crippen LogP contribution in [-0.2, 0) is 0 Å². The molecule has 0 atom stereocenters. The summed E-state index contributed by atoms with van der Waals surface area (Å²) in [7, 11) is 0. The van der Waals surface area contributed by atoms with Crippen LogP contribution in [0.5, 0.6) is 0 Å². The van der Waals surface area contributed by atoms with Gasteiger partial charge in [0.05, 0.1) is 10.6 Å². The van der Waals surface area contributed by atoms with E-state index in [-0.39, 0.29) is 11.8 Å². The molecule has 1 N–H and O–H groups in total. The third-order valence-corrected chi connectivity index (χ3v) is 6.08. The molecule has 0 bridgehead atoms. The van der Waals surface area contributed by atoms with Crippen LogP contribution in [0.3, 0.4) is 0 Å². The minimum Gasteiger partial charge on any atom is -0.368 e. The maximum absolute atomic E-state index is 12.7. The lowest BCUT2D eigenvalue weighted by molar-refractivity contribution is 0.0746. The first-order valence-corrected chi connectivity index (χ1v) is 11.1. The Hall–Kier alpha value is -3.02. The predicted molar refractivity (Wildman–Crippen MR) is 130 cm³/mol. The molecule has 1 aliphatic heterocycles. The third-order valence-electron chi connectivity index (χ3n) is 5.53. The first-order chi connectivity index (χ1) is 15.4. The van der Waals surface area contributed by atoms with Crippen LogP contribution in [0.4, 0.5) is 11.4 Å². The summed E-state index contributed by atoms with van der Waals surface area (Å²) in [6.45, 7) is 4.85. The van der Waals surface area contributed by atoms with Gasteiger partial charge >= 0.3 is 0 Å². The predicted octanol–water partition coefficient (Wildman–Crippen LogP) is 5.52. The van der Waals surface area contributed by atoms with Gasteiger partial charge in [-0.1, -0.05) is 40.9 Å². The average Bonchev–Trinajstić information content (AvgIpc) is 2.80. The minimum absolute atomic E-state index is 0.0728. The molecule has 5 nitrogen and oxygen atoms in total. The second-order valence-corrected chi connectivity index (χ2v) is 8.61. The van der Waals surface area contributed by atoms with Crippen molar-refractivity contribution in [3.05, 3.63) is 93.5 Å². The van der Waals surface area contributed by atoms with E-state index in [9.17, 15) is 9.59 Å². The lowest BCUT2D eigenvalue weighted by Crippen LogP contribution is -2.48. The molecular weight excluding hydrogens is 445 g/mol. The number of benzene rings is 3. The summed E-state index contributed by atoms with van der Waals surface area (Å²) in [4.78, 5) is 29.3. The van der Waals surface area contributed by atoms with Crippen molar-refractivity contribution in [3.63, 3.8) is 0 Å². The van der Waals surface area contributed by atoms with Crippen LogP contribution in [-0.4, -0.2) is 42.9 Å². The van der Waals surface area contributed by atoms with E-state index in [1.54, 1.807) is 18.2 Å². The molecule has 0 saturated carbocycles. The van der Waals surface area contributed by atoms with E-state index < -0.39 is 0 Å². The van der Waals surface area contributed by atoms with Gasteiger partial charge in [0.15, 0.2) is 0 Å². The number of hydrogen-bond acceptors (Lipinski definition) is 3. The average molecular weight is 468 g/mol. The van der Waals surface area contributed by atoms with Gasteiger partial charge in [-0.15, -0.1) is 0 Å². The molecule has 0 spiro atoms. The fourth-order valence-corrected chi connectivity index (χ4v) is 4.17. The lowest BCUT2D eigenvalue weighted by Gasteiger charge is -2.36. The van der Waals surface area contributed by atoms with Crippen molar-refractivity contribution >= 4 is 46.4 Å². The zero-order chi connectivity index (χ0) is 22.7. The van der Waals surface area contributed by atoms with Gasteiger partial charge in [0.1, 0.15) is 0 Å². The number of nitrogens with zero attached hydrogens (tertiary/aromatic N) is 2. The molecule has 0 unspecified atom stereocenters. The van der Waals surface area contributed by atoms with Crippen LogP contribution in [0.1, 0.15) is 26.3 Å². The van der Waals surface area contributed by atoms with Crippen molar-refractivity contribution in [1.82, 2.24) is 4.90 Å². The van der Waals surface area contributed by atoms with Crippen LogP contribution in [0.2, 0.25) is 10.0 Å². The fourth-order valence-electron chi connectivity index (χ4n) is 3.67. The normalized spacial score (nSPS) is 13.7. The van der Waals surface area contributed by atoms with E-state index in [4.69, 9.17) is 23.2 Å². The number of piperazine rings is 1. The Morgan fingerprint density at radius 1 is 0.844 bits per heavy atom. The van der Waals surface area contributed by atoms with Gasteiger partial charge in [-0.3, -0.25) is 9.59 Å². The lowest BCUT2D eigenvalue weighted by atomic mass is 10.1. The van der Waals surface area contributed by atoms with Crippen molar-refractivity contribution in [2.24, 2.45) is 0 Å². The molecule has 3 aromatic carbocycles. The number of amides is 2. The Kier molecular flexibility index (Phi) is 6.68. The molecule has 1 heterocycles. The van der Waals surface area contributed by atoms with Crippen molar-refractivity contribution in [3.8, 4) is 0 Å². The largest absolute Gasteiger partial charge is 0.368 e. The first-order valence-electron chi connectivity index (χ1n) is 10.4. The molecule has 32 heavy (non-hydrogen) atoms. The van der Waals surface area contributed by atoms with E-state index in [0.29, 0.717) is 34.4 Å². The number of hydrogen-bond donors (Lipinski definition) is 1. The molecule has 2 amide bonds. The summed E-state index contributed by atoms with van der Waals surface area (Å²) in [6.07, 6.45) is 0. The molecule has 1 fully saturated rings. The highest BCUT2D eigenvalue weighted by Gasteiger charge is 2.22. The summed E-state index contributed by atoms with van der Waals surface area (Å²) in [6, 6.07) is 20.1. The maximum atomic E-state index is 12.7. The maximum Gasteiger partial charge on any atom is 0.257 e. The van der Waals surface area contributed by atoms with E-state index in [1.165, 1.54) is 0 Å². The van der Waals surface area contributed by atoms with Gasteiger partial charge in [0, 0.05) is 48.1 Å². The quantitative estimate of drug-likeness (QED) is 0.549. The SMILES string of the molecule is Cc1ccc(C(=O)N2CCN(c3ccc(NC(=O)c4ccc(Cl)cc4Cl)cc3)CC2)cc1. The molecule has 0 radical (unpaired) electrons. The summed E-state index contributed by atoms with van der Waals surface area (Å²) in [5.41, 5.74) is 3.97. The second kappa shape index (κ2) is 9.63. The Morgan fingerprint density at radius 3 is 2.12 bits per heavy atom. The first kappa shape index (κ1) is 22.2.